The molecule has 0 amide bonds. The predicted octanol–water partition coefficient (Wildman–Crippen LogP) is 2.14. The molecule has 1 aromatic rings. The number of rotatable bonds is 7. The minimum absolute atomic E-state index is 0.153. The monoisotopic (exact) mass is 324 g/mol. The van der Waals surface area contributed by atoms with Crippen molar-refractivity contribution in [2.75, 3.05) is 20.8 Å². The van der Waals surface area contributed by atoms with Crippen LogP contribution in [0, 0.1) is 0 Å². The molecule has 1 atom stereocenters. The summed E-state index contributed by atoms with van der Waals surface area (Å²) in [4.78, 5) is 23.1. The molecule has 0 heterocycles. The van der Waals surface area contributed by atoms with Crippen LogP contribution in [0.3, 0.4) is 0 Å². The molecule has 0 spiro atoms. The van der Waals surface area contributed by atoms with Gasteiger partial charge in [0.2, 0.25) is 0 Å². The van der Waals surface area contributed by atoms with E-state index in [1.807, 2.05) is 0 Å². The van der Waals surface area contributed by atoms with E-state index in [2.05, 4.69) is 4.74 Å². The van der Waals surface area contributed by atoms with E-state index < -0.39 is 23.6 Å². The number of esters is 2. The number of carbonyl (C=O) groups excluding carboxylic acids is 2. The molecule has 0 saturated carbocycles. The van der Waals surface area contributed by atoms with Crippen LogP contribution in [0.1, 0.15) is 26.3 Å². The van der Waals surface area contributed by atoms with Crippen molar-refractivity contribution in [3.8, 4) is 5.75 Å². The van der Waals surface area contributed by atoms with Gasteiger partial charge in [0.05, 0.1) is 7.11 Å². The van der Waals surface area contributed by atoms with Gasteiger partial charge in [-0.15, -0.1) is 0 Å². The van der Waals surface area contributed by atoms with E-state index in [1.165, 1.54) is 14.2 Å². The summed E-state index contributed by atoms with van der Waals surface area (Å²) in [7, 11) is 2.78. The fraction of sp³-hybridized carbons (Fsp3) is 0.529. The van der Waals surface area contributed by atoms with Crippen molar-refractivity contribution in [1.82, 2.24) is 0 Å². The van der Waals surface area contributed by atoms with Crippen LogP contribution in [0.25, 0.3) is 0 Å². The van der Waals surface area contributed by atoms with Gasteiger partial charge in [-0.3, -0.25) is 0 Å². The SMILES string of the molecule is COC(=O)C(Cc1ccc(OCC(=O)OC(C)(C)C)cc1)OC. The molecule has 0 fully saturated rings. The first-order valence-electron chi connectivity index (χ1n) is 7.29. The van der Waals surface area contributed by atoms with Crippen molar-refractivity contribution in [2.24, 2.45) is 0 Å². The van der Waals surface area contributed by atoms with Gasteiger partial charge in [-0.25, -0.2) is 9.59 Å². The second kappa shape index (κ2) is 8.53. The molecule has 1 unspecified atom stereocenters. The third-order valence-corrected chi connectivity index (χ3v) is 2.87. The van der Waals surface area contributed by atoms with E-state index >= 15 is 0 Å². The van der Waals surface area contributed by atoms with Gasteiger partial charge >= 0.3 is 11.9 Å². The minimum Gasteiger partial charge on any atom is -0.482 e. The Labute approximate surface area is 136 Å². The van der Waals surface area contributed by atoms with Crippen LogP contribution >= 0.6 is 0 Å². The fourth-order valence-corrected chi connectivity index (χ4v) is 1.84. The molecule has 0 radical (unpaired) electrons. The van der Waals surface area contributed by atoms with Gasteiger partial charge in [-0.05, 0) is 38.5 Å². The van der Waals surface area contributed by atoms with Crippen LogP contribution in [-0.2, 0) is 30.2 Å². The molecule has 0 aliphatic heterocycles. The molecular formula is C17H24O6. The number of benzene rings is 1. The van der Waals surface area contributed by atoms with Crippen molar-refractivity contribution in [3.63, 3.8) is 0 Å². The maximum atomic E-state index is 11.6. The van der Waals surface area contributed by atoms with Gasteiger partial charge in [0.15, 0.2) is 12.7 Å². The number of hydrogen-bond donors (Lipinski definition) is 0. The highest BCUT2D eigenvalue weighted by atomic mass is 16.6. The van der Waals surface area contributed by atoms with Crippen molar-refractivity contribution in [3.05, 3.63) is 29.8 Å². The zero-order chi connectivity index (χ0) is 17.5. The lowest BCUT2D eigenvalue weighted by Gasteiger charge is -2.19. The van der Waals surface area contributed by atoms with E-state index in [-0.39, 0.29) is 6.61 Å². The normalized spacial score (nSPS) is 12.4. The molecule has 0 aliphatic rings. The summed E-state index contributed by atoms with van der Waals surface area (Å²) < 4.78 is 20.3. The van der Waals surface area contributed by atoms with Gasteiger partial charge in [-0.1, -0.05) is 12.1 Å². The quantitative estimate of drug-likeness (QED) is 0.716. The summed E-state index contributed by atoms with van der Waals surface area (Å²) >= 11 is 0. The second-order valence-electron chi connectivity index (χ2n) is 5.97. The molecule has 128 valence electrons. The van der Waals surface area contributed by atoms with E-state index in [1.54, 1.807) is 45.0 Å². The van der Waals surface area contributed by atoms with Gasteiger partial charge in [0.1, 0.15) is 11.4 Å². The number of carbonyl (C=O) groups is 2. The van der Waals surface area contributed by atoms with Crippen molar-refractivity contribution < 1.29 is 28.5 Å². The first-order valence-corrected chi connectivity index (χ1v) is 7.29. The Bertz CT molecular complexity index is 515. The molecule has 0 bridgehead atoms. The van der Waals surface area contributed by atoms with E-state index in [9.17, 15) is 9.59 Å². The molecule has 6 nitrogen and oxygen atoms in total. The molecule has 23 heavy (non-hydrogen) atoms. The standard InChI is InChI=1S/C17H24O6/c1-17(2,3)23-15(18)11-22-13-8-6-12(7-9-13)10-14(20-4)16(19)21-5/h6-9,14H,10-11H2,1-5H3. The fourth-order valence-electron chi connectivity index (χ4n) is 1.84. The Balaban J connectivity index is 2.53. The van der Waals surface area contributed by atoms with Gasteiger partial charge in [0, 0.05) is 13.5 Å². The topological polar surface area (TPSA) is 71.1 Å². The average Bonchev–Trinajstić information content (AvgIpc) is 2.49. The Morgan fingerprint density at radius 2 is 1.70 bits per heavy atom. The van der Waals surface area contributed by atoms with Crippen molar-refractivity contribution >= 4 is 11.9 Å². The highest BCUT2D eigenvalue weighted by molar-refractivity contribution is 5.75. The van der Waals surface area contributed by atoms with Crippen molar-refractivity contribution in [1.29, 1.82) is 0 Å². The third-order valence-electron chi connectivity index (χ3n) is 2.87. The summed E-state index contributed by atoms with van der Waals surface area (Å²) in [6.07, 6.45) is -0.247. The van der Waals surface area contributed by atoms with Gasteiger partial charge in [-0.2, -0.15) is 0 Å². The molecular weight excluding hydrogens is 300 g/mol. The lowest BCUT2D eigenvalue weighted by Crippen LogP contribution is -2.27. The lowest BCUT2D eigenvalue weighted by molar-refractivity contribution is -0.157. The number of ether oxygens (including phenoxy) is 4. The molecule has 0 aliphatic carbocycles. The molecule has 0 saturated heterocycles. The maximum absolute atomic E-state index is 11.6. The van der Waals surface area contributed by atoms with Crippen LogP contribution in [-0.4, -0.2) is 44.5 Å². The summed E-state index contributed by atoms with van der Waals surface area (Å²) in [5, 5.41) is 0. The average molecular weight is 324 g/mol. The lowest BCUT2D eigenvalue weighted by atomic mass is 10.1. The summed E-state index contributed by atoms with van der Waals surface area (Å²) in [6.45, 7) is 5.24. The number of methoxy groups -OCH3 is 2. The van der Waals surface area contributed by atoms with Crippen LogP contribution in [0.5, 0.6) is 5.75 Å². The van der Waals surface area contributed by atoms with Gasteiger partial charge in [0.25, 0.3) is 0 Å². The Kier molecular flexibility index (Phi) is 7.03. The molecule has 6 heteroatoms. The first-order chi connectivity index (χ1) is 10.7. The maximum Gasteiger partial charge on any atom is 0.344 e. The van der Waals surface area contributed by atoms with Crippen LogP contribution in [0.2, 0.25) is 0 Å². The van der Waals surface area contributed by atoms with E-state index in [0.717, 1.165) is 5.56 Å². The molecule has 1 aromatic carbocycles. The largest absolute Gasteiger partial charge is 0.482 e. The molecule has 1 rings (SSSR count). The predicted molar refractivity (Wildman–Crippen MR) is 84.3 cm³/mol. The first kappa shape index (κ1) is 19.0. The zero-order valence-corrected chi connectivity index (χ0v) is 14.3. The van der Waals surface area contributed by atoms with E-state index in [4.69, 9.17) is 14.2 Å². The zero-order valence-electron chi connectivity index (χ0n) is 14.3. The number of hydrogen-bond acceptors (Lipinski definition) is 6. The third kappa shape index (κ3) is 7.15. The molecule has 0 N–H and O–H groups in total. The van der Waals surface area contributed by atoms with Crippen LogP contribution < -0.4 is 4.74 Å². The minimum atomic E-state index is -0.645. The van der Waals surface area contributed by atoms with Crippen LogP contribution in [0.4, 0.5) is 0 Å². The summed E-state index contributed by atoms with van der Waals surface area (Å²) in [5.41, 5.74) is 0.361. The van der Waals surface area contributed by atoms with E-state index in [0.29, 0.717) is 12.2 Å². The molecule has 0 aromatic heterocycles. The summed E-state index contributed by atoms with van der Waals surface area (Å²) in [6, 6.07) is 7.06. The Morgan fingerprint density at radius 1 is 1.09 bits per heavy atom. The smallest absolute Gasteiger partial charge is 0.344 e. The second-order valence-corrected chi connectivity index (χ2v) is 5.97. The van der Waals surface area contributed by atoms with Crippen molar-refractivity contribution in [2.45, 2.75) is 38.9 Å². The van der Waals surface area contributed by atoms with Gasteiger partial charge < -0.3 is 18.9 Å². The summed E-state index contributed by atoms with van der Waals surface area (Å²) in [5.74, 6) is -0.295. The van der Waals surface area contributed by atoms with Crippen LogP contribution in [0.15, 0.2) is 24.3 Å². The highest BCUT2D eigenvalue weighted by Crippen LogP contribution is 2.15. The Hall–Kier alpha value is -2.08. The highest BCUT2D eigenvalue weighted by Gasteiger charge is 2.19. The Morgan fingerprint density at radius 3 is 2.17 bits per heavy atom.